The molecule has 4 aliphatic rings. The number of thiocarbonyl (C=S) groups is 3. The van der Waals surface area contributed by atoms with Gasteiger partial charge in [-0.15, -0.1) is 0 Å². The molecule has 0 radical (unpaired) electrons. The van der Waals surface area contributed by atoms with E-state index in [1.807, 2.05) is 60.7 Å². The molecule has 6 heterocycles. The SMILES string of the molecule is O=C(O)c1cc(-c2ccc(/C=C3\SC(=S)N(C4CCCCC4)C3=O)o2)ccc1Cl.O=C(O)c1cc(-c2ccc(/C=C3\SC(=S)N(CCc4ccccc4)C3=O)o2)ccc1Cl.O=C(O)c1cccc(-c2ccc(/C=C3\SC(=S)N(CCc4ccccc4)C3=O)o2)c1. The smallest absolute Gasteiger partial charge is 0.337 e. The number of benzene rings is 5. The van der Waals surface area contributed by atoms with Crippen LogP contribution in [0.2, 0.25) is 10.0 Å². The molecule has 1 saturated carbocycles. The molecule has 0 bridgehead atoms. The highest BCUT2D eigenvalue weighted by atomic mass is 35.5. The van der Waals surface area contributed by atoms with E-state index in [-0.39, 0.29) is 50.5 Å². The average molecular weight is 1350 g/mol. The predicted octanol–water partition coefficient (Wildman–Crippen LogP) is 16.7. The third-order valence-corrected chi connectivity index (χ3v) is 19.2. The molecule has 8 aromatic rings. The van der Waals surface area contributed by atoms with Crippen molar-refractivity contribution in [3.63, 3.8) is 0 Å². The van der Waals surface area contributed by atoms with Crippen LogP contribution in [0.15, 0.2) is 186 Å². The Morgan fingerprint density at radius 1 is 0.478 bits per heavy atom. The number of hydrogen-bond acceptors (Lipinski definition) is 15. The van der Waals surface area contributed by atoms with E-state index < -0.39 is 17.9 Å². The van der Waals surface area contributed by atoms with Crippen LogP contribution in [0.1, 0.15) is 91.6 Å². The number of carboxylic acids is 3. The molecular weight excluding hydrogens is 1300 g/mol. The molecule has 3 aliphatic heterocycles. The van der Waals surface area contributed by atoms with Crippen LogP contribution in [-0.4, -0.2) is 97.7 Å². The lowest BCUT2D eigenvalue weighted by Gasteiger charge is -2.29. The fraction of sp³-hybridized carbons (Fsp3) is 0.149. The number of aromatic carboxylic acids is 3. The quantitative estimate of drug-likeness (QED) is 0.0606. The first-order chi connectivity index (χ1) is 43.4. The Bertz CT molecular complexity index is 4230. The number of amides is 3. The van der Waals surface area contributed by atoms with Gasteiger partial charge < -0.3 is 28.6 Å². The highest BCUT2D eigenvalue weighted by Crippen LogP contribution is 2.40. The maximum atomic E-state index is 12.9. The molecule has 1 aliphatic carbocycles. The minimum absolute atomic E-state index is 0.00333. The lowest BCUT2D eigenvalue weighted by atomic mass is 9.94. The zero-order valence-corrected chi connectivity index (χ0v) is 53.7. The van der Waals surface area contributed by atoms with Gasteiger partial charge in [-0.1, -0.05) is 187 Å². The molecule has 3 aromatic heterocycles. The monoisotopic (exact) mass is 1350 g/mol. The molecule has 3 amide bonds. The van der Waals surface area contributed by atoms with Crippen LogP contribution in [0.3, 0.4) is 0 Å². The summed E-state index contributed by atoms with van der Waals surface area (Å²) in [5.74, 6) is -0.557. The maximum Gasteiger partial charge on any atom is 0.337 e. The van der Waals surface area contributed by atoms with Gasteiger partial charge in [0.15, 0.2) is 0 Å². The van der Waals surface area contributed by atoms with Crippen LogP contribution in [0, 0.1) is 0 Å². The molecule has 23 heteroatoms. The molecule has 0 atom stereocenters. The summed E-state index contributed by atoms with van der Waals surface area (Å²) in [6.45, 7) is 1.04. The number of halogens is 2. The summed E-state index contributed by atoms with van der Waals surface area (Å²) in [6.07, 6.45) is 11.9. The lowest BCUT2D eigenvalue weighted by Crippen LogP contribution is -2.39. The van der Waals surface area contributed by atoms with Crippen molar-refractivity contribution in [3.05, 3.63) is 228 Å². The third kappa shape index (κ3) is 15.9. The highest BCUT2D eigenvalue weighted by molar-refractivity contribution is 8.27. The molecule has 90 heavy (non-hydrogen) atoms. The number of carbonyl (C=O) groups is 6. The summed E-state index contributed by atoms with van der Waals surface area (Å²) >= 11 is 31.9. The Morgan fingerprint density at radius 3 is 1.31 bits per heavy atom. The second-order valence-corrected chi connectivity index (χ2v) is 26.3. The van der Waals surface area contributed by atoms with Gasteiger partial charge in [0.25, 0.3) is 17.7 Å². The standard InChI is InChI=1S/C23H16ClNO4S2.C23H17NO4S2.C21H18ClNO4S2/c24-18-8-6-15(12-17(18)22(27)28)19-9-7-16(29-19)13-20-21(26)25(23(30)31-20)11-10-14-4-2-1-3-5-14;25-21-20(30-23(29)24(21)12-11-15-5-2-1-3-6-15)14-18-9-10-19(28-18)16-7-4-8-17(13-16)22(26)27;22-16-8-6-12(10-15(16)20(25)26)17-9-7-14(27-17)11-18-19(24)23(21(28)29-18)13-4-2-1-3-5-13/h1-9,12-13H,10-11H2,(H,27,28);1-10,13-14H,11-12H2,(H,26,27);6-11,13H,1-5H2,(H,25,26)/b20-13-;20-14-;18-11-. The van der Waals surface area contributed by atoms with E-state index >= 15 is 0 Å². The van der Waals surface area contributed by atoms with Crippen LogP contribution in [0.4, 0.5) is 0 Å². The van der Waals surface area contributed by atoms with E-state index in [0.717, 1.165) is 43.2 Å². The molecular formula is C67H51Cl2N3O12S6. The molecule has 0 spiro atoms. The molecule has 3 N–H and O–H groups in total. The third-order valence-electron chi connectivity index (χ3n) is 14.5. The number of thioether (sulfide) groups is 3. The van der Waals surface area contributed by atoms with Crippen molar-refractivity contribution in [1.29, 1.82) is 0 Å². The van der Waals surface area contributed by atoms with Crippen LogP contribution in [-0.2, 0) is 27.2 Å². The number of nitrogens with zero attached hydrogens (tertiary/aromatic N) is 3. The molecule has 4 fully saturated rings. The van der Waals surface area contributed by atoms with Gasteiger partial charge in [0.1, 0.15) is 47.5 Å². The normalized spacial score (nSPS) is 16.5. The highest BCUT2D eigenvalue weighted by Gasteiger charge is 2.38. The van der Waals surface area contributed by atoms with Gasteiger partial charge in [0, 0.05) is 54.0 Å². The Morgan fingerprint density at radius 2 is 0.889 bits per heavy atom. The summed E-state index contributed by atoms with van der Waals surface area (Å²) in [7, 11) is 0. The summed E-state index contributed by atoms with van der Waals surface area (Å²) in [5, 5.41) is 28.0. The van der Waals surface area contributed by atoms with Gasteiger partial charge in [0.05, 0.1) is 41.5 Å². The summed E-state index contributed by atoms with van der Waals surface area (Å²) in [4.78, 5) is 78.7. The van der Waals surface area contributed by atoms with Crippen molar-refractivity contribution in [2.24, 2.45) is 0 Å². The van der Waals surface area contributed by atoms with Gasteiger partial charge in [0.2, 0.25) is 0 Å². The van der Waals surface area contributed by atoms with E-state index in [1.54, 1.807) is 99.7 Å². The van der Waals surface area contributed by atoms with E-state index in [4.69, 9.17) is 78.2 Å². The Kier molecular flexibility index (Phi) is 21.4. The van der Waals surface area contributed by atoms with Crippen LogP contribution in [0.25, 0.3) is 52.2 Å². The Balaban J connectivity index is 0.000000149. The zero-order chi connectivity index (χ0) is 63.6. The number of rotatable bonds is 16. The summed E-state index contributed by atoms with van der Waals surface area (Å²) in [5.41, 5.74) is 4.31. The molecule has 0 unspecified atom stereocenters. The number of furan rings is 3. The van der Waals surface area contributed by atoms with Crippen LogP contribution >= 0.6 is 95.1 Å². The van der Waals surface area contributed by atoms with Gasteiger partial charge in [-0.25, -0.2) is 14.4 Å². The van der Waals surface area contributed by atoms with E-state index in [2.05, 4.69) is 0 Å². The minimum atomic E-state index is -1.11. The summed E-state index contributed by atoms with van der Waals surface area (Å²) < 4.78 is 19.1. The van der Waals surface area contributed by atoms with Crippen molar-refractivity contribution < 1.29 is 57.3 Å². The fourth-order valence-electron chi connectivity index (χ4n) is 9.93. The predicted molar refractivity (Wildman–Crippen MR) is 365 cm³/mol. The van der Waals surface area contributed by atoms with Gasteiger partial charge in [-0.2, -0.15) is 0 Å². The summed E-state index contributed by atoms with van der Waals surface area (Å²) in [6, 6.07) is 46.4. The molecule has 5 aromatic carbocycles. The fourth-order valence-corrected chi connectivity index (χ4v) is 14.3. The van der Waals surface area contributed by atoms with Crippen molar-refractivity contribution in [2.75, 3.05) is 13.1 Å². The molecule has 3 saturated heterocycles. The van der Waals surface area contributed by atoms with Gasteiger partial charge in [-0.3, -0.25) is 29.1 Å². The first-order valence-corrected chi connectivity index (χ1v) is 32.4. The number of carbonyl (C=O) groups excluding carboxylic acids is 3. The molecule has 456 valence electrons. The topological polar surface area (TPSA) is 212 Å². The first kappa shape index (κ1) is 64.9. The average Bonchev–Trinajstić information content (AvgIpc) is 1.83. The zero-order valence-electron chi connectivity index (χ0n) is 47.2. The van der Waals surface area contributed by atoms with E-state index in [0.29, 0.717) is 98.4 Å². The second kappa shape index (κ2) is 29.7. The van der Waals surface area contributed by atoms with Crippen LogP contribution in [0.5, 0.6) is 0 Å². The van der Waals surface area contributed by atoms with Crippen molar-refractivity contribution in [2.45, 2.75) is 51.0 Å². The lowest BCUT2D eigenvalue weighted by molar-refractivity contribution is -0.124. The molecule has 15 nitrogen and oxygen atoms in total. The Labute approximate surface area is 555 Å². The minimum Gasteiger partial charge on any atom is -0.478 e. The Hall–Kier alpha value is -8.12. The van der Waals surface area contributed by atoms with Crippen LogP contribution < -0.4 is 0 Å². The van der Waals surface area contributed by atoms with Gasteiger partial charge >= 0.3 is 17.9 Å². The van der Waals surface area contributed by atoms with Gasteiger partial charge in [-0.05, 0) is 122 Å². The second-order valence-electron chi connectivity index (χ2n) is 20.5. The largest absolute Gasteiger partial charge is 0.478 e. The number of carboxylic acid groups (broad SMARTS) is 3. The van der Waals surface area contributed by atoms with E-state index in [9.17, 15) is 39.0 Å². The molecule has 12 rings (SSSR count). The first-order valence-electron chi connectivity index (χ1n) is 27.9. The van der Waals surface area contributed by atoms with Crippen molar-refractivity contribution in [3.8, 4) is 34.0 Å². The van der Waals surface area contributed by atoms with Crippen molar-refractivity contribution in [1.82, 2.24) is 14.7 Å². The van der Waals surface area contributed by atoms with E-state index in [1.165, 1.54) is 72.0 Å². The number of hydrogen-bond donors (Lipinski definition) is 3. The van der Waals surface area contributed by atoms with Crippen molar-refractivity contribution >= 4 is 162 Å². The maximum absolute atomic E-state index is 12.9.